The second-order valence-corrected chi connectivity index (χ2v) is 9.52. The van der Waals surface area contributed by atoms with Gasteiger partial charge in [0.15, 0.2) is 0 Å². The third-order valence-electron chi connectivity index (χ3n) is 6.20. The SMILES string of the molecule is CCC(C)N(CC(=O)N(Cc1ccccc1)Cc1sccc1C)C(=O)c1ccc(OC)cc1OC. The van der Waals surface area contributed by atoms with Gasteiger partial charge in [0.1, 0.15) is 18.0 Å². The van der Waals surface area contributed by atoms with E-state index in [1.54, 1.807) is 41.5 Å². The van der Waals surface area contributed by atoms with E-state index >= 15 is 0 Å². The molecule has 0 aliphatic carbocycles. The molecule has 35 heavy (non-hydrogen) atoms. The molecule has 0 aliphatic rings. The summed E-state index contributed by atoms with van der Waals surface area (Å²) in [6.07, 6.45) is 0.722. The van der Waals surface area contributed by atoms with Crippen LogP contribution in [0.1, 0.15) is 46.6 Å². The van der Waals surface area contributed by atoms with E-state index in [-0.39, 0.29) is 24.4 Å². The average molecular weight is 495 g/mol. The Morgan fingerprint density at radius 2 is 1.74 bits per heavy atom. The van der Waals surface area contributed by atoms with Crippen LogP contribution < -0.4 is 9.47 Å². The highest BCUT2D eigenvalue weighted by molar-refractivity contribution is 7.10. The number of carbonyl (C=O) groups excluding carboxylic acids is 2. The topological polar surface area (TPSA) is 59.1 Å². The van der Waals surface area contributed by atoms with Crippen LogP contribution in [0.3, 0.4) is 0 Å². The van der Waals surface area contributed by atoms with Gasteiger partial charge in [0.2, 0.25) is 5.91 Å². The molecule has 6 nitrogen and oxygen atoms in total. The van der Waals surface area contributed by atoms with Crippen LogP contribution in [-0.2, 0) is 17.9 Å². The molecule has 3 rings (SSSR count). The number of carbonyl (C=O) groups is 2. The smallest absolute Gasteiger partial charge is 0.258 e. The Kier molecular flexibility index (Phi) is 9.32. The zero-order valence-electron chi connectivity index (χ0n) is 21.1. The molecule has 0 saturated heterocycles. The van der Waals surface area contributed by atoms with Crippen molar-refractivity contribution in [1.82, 2.24) is 9.80 Å². The number of benzene rings is 2. The van der Waals surface area contributed by atoms with E-state index < -0.39 is 0 Å². The minimum atomic E-state index is -0.237. The van der Waals surface area contributed by atoms with Crippen LogP contribution in [0.25, 0.3) is 0 Å². The lowest BCUT2D eigenvalue weighted by atomic mass is 10.1. The van der Waals surface area contributed by atoms with E-state index in [0.717, 1.165) is 16.9 Å². The average Bonchev–Trinajstić information content (AvgIpc) is 3.30. The molecular formula is C28H34N2O4S. The summed E-state index contributed by atoms with van der Waals surface area (Å²) in [7, 11) is 3.09. The highest BCUT2D eigenvalue weighted by Crippen LogP contribution is 2.27. The Morgan fingerprint density at radius 1 is 1.00 bits per heavy atom. The number of amides is 2. The van der Waals surface area contributed by atoms with Crippen LogP contribution in [0.5, 0.6) is 11.5 Å². The zero-order valence-corrected chi connectivity index (χ0v) is 21.9. The van der Waals surface area contributed by atoms with Gasteiger partial charge in [0.05, 0.1) is 26.3 Å². The molecule has 1 aromatic heterocycles. The van der Waals surface area contributed by atoms with Gasteiger partial charge >= 0.3 is 0 Å². The van der Waals surface area contributed by atoms with Crippen LogP contribution in [-0.4, -0.2) is 48.4 Å². The molecule has 0 N–H and O–H groups in total. The highest BCUT2D eigenvalue weighted by Gasteiger charge is 2.28. The van der Waals surface area contributed by atoms with Gasteiger partial charge in [-0.15, -0.1) is 11.3 Å². The Balaban J connectivity index is 1.89. The standard InChI is InChI=1S/C28H34N2O4S/c1-6-21(3)30(28(32)24-13-12-23(33-4)16-25(24)34-5)19-27(31)29(17-22-10-8-7-9-11-22)18-26-20(2)14-15-35-26/h7-16,21H,6,17-19H2,1-5H3. The Bertz CT molecular complexity index is 1130. The van der Waals surface area contributed by atoms with Gasteiger partial charge in [-0.3, -0.25) is 9.59 Å². The van der Waals surface area contributed by atoms with E-state index in [9.17, 15) is 9.59 Å². The van der Waals surface area contributed by atoms with Gasteiger partial charge in [-0.05, 0) is 55.0 Å². The molecule has 2 aromatic carbocycles. The maximum absolute atomic E-state index is 13.7. The number of rotatable bonds is 11. The number of nitrogens with zero attached hydrogens (tertiary/aromatic N) is 2. The first kappa shape index (κ1) is 26.3. The molecule has 7 heteroatoms. The monoisotopic (exact) mass is 494 g/mol. The Morgan fingerprint density at radius 3 is 2.34 bits per heavy atom. The van der Waals surface area contributed by atoms with Crippen molar-refractivity contribution in [1.29, 1.82) is 0 Å². The number of hydrogen-bond donors (Lipinski definition) is 0. The van der Waals surface area contributed by atoms with Crippen molar-refractivity contribution in [3.05, 3.63) is 81.5 Å². The number of thiophene rings is 1. The number of hydrogen-bond acceptors (Lipinski definition) is 5. The minimum absolute atomic E-state index is 0.0136. The van der Waals surface area contributed by atoms with Crippen LogP contribution in [0.4, 0.5) is 0 Å². The molecule has 2 amide bonds. The molecule has 186 valence electrons. The summed E-state index contributed by atoms with van der Waals surface area (Å²) in [5.74, 6) is 0.692. The number of aryl methyl sites for hydroxylation is 1. The maximum Gasteiger partial charge on any atom is 0.258 e. The summed E-state index contributed by atoms with van der Waals surface area (Å²) in [6.45, 7) is 7.00. The van der Waals surface area contributed by atoms with Crippen LogP contribution in [0.15, 0.2) is 60.0 Å². The van der Waals surface area contributed by atoms with Crippen molar-refractivity contribution in [2.45, 2.75) is 46.3 Å². The van der Waals surface area contributed by atoms with Crippen LogP contribution in [0, 0.1) is 6.92 Å². The van der Waals surface area contributed by atoms with E-state index in [1.807, 2.05) is 54.5 Å². The summed E-state index contributed by atoms with van der Waals surface area (Å²) < 4.78 is 10.7. The molecule has 1 heterocycles. The van der Waals surface area contributed by atoms with Crippen molar-refractivity contribution < 1.29 is 19.1 Å². The van der Waals surface area contributed by atoms with Crippen LogP contribution >= 0.6 is 11.3 Å². The predicted molar refractivity (Wildman–Crippen MR) is 140 cm³/mol. The highest BCUT2D eigenvalue weighted by atomic mass is 32.1. The lowest BCUT2D eigenvalue weighted by molar-refractivity contribution is -0.133. The summed E-state index contributed by atoms with van der Waals surface area (Å²) >= 11 is 1.64. The van der Waals surface area contributed by atoms with Gasteiger partial charge < -0.3 is 19.3 Å². The fraction of sp³-hybridized carbons (Fsp3) is 0.357. The maximum atomic E-state index is 13.7. The first-order valence-corrected chi connectivity index (χ1v) is 12.6. The van der Waals surface area contributed by atoms with E-state index in [0.29, 0.717) is 30.2 Å². The second-order valence-electron chi connectivity index (χ2n) is 8.52. The number of methoxy groups -OCH3 is 2. The van der Waals surface area contributed by atoms with E-state index in [1.165, 1.54) is 12.7 Å². The summed E-state index contributed by atoms with van der Waals surface area (Å²) in [5, 5.41) is 2.04. The largest absolute Gasteiger partial charge is 0.497 e. The third-order valence-corrected chi connectivity index (χ3v) is 7.21. The molecule has 0 saturated carbocycles. The molecule has 0 aliphatic heterocycles. The predicted octanol–water partition coefficient (Wildman–Crippen LogP) is 5.54. The Hall–Kier alpha value is -3.32. The molecule has 1 atom stereocenters. The number of ether oxygens (including phenoxy) is 2. The normalized spacial score (nSPS) is 11.6. The van der Waals surface area contributed by atoms with Gasteiger partial charge in [0.25, 0.3) is 5.91 Å². The van der Waals surface area contributed by atoms with Crippen molar-refractivity contribution in [3.8, 4) is 11.5 Å². The summed E-state index contributed by atoms with van der Waals surface area (Å²) in [6, 6.07) is 17.0. The van der Waals surface area contributed by atoms with Gasteiger partial charge in [0, 0.05) is 23.5 Å². The molecule has 0 fully saturated rings. The third kappa shape index (κ3) is 6.63. The lowest BCUT2D eigenvalue weighted by Crippen LogP contribution is -2.46. The first-order valence-electron chi connectivity index (χ1n) is 11.8. The van der Waals surface area contributed by atoms with Gasteiger partial charge in [-0.2, -0.15) is 0 Å². The van der Waals surface area contributed by atoms with Crippen molar-refractivity contribution >= 4 is 23.2 Å². The van der Waals surface area contributed by atoms with Gasteiger partial charge in [-0.1, -0.05) is 37.3 Å². The Labute approximate surface area is 212 Å². The van der Waals surface area contributed by atoms with Crippen molar-refractivity contribution in [2.75, 3.05) is 20.8 Å². The van der Waals surface area contributed by atoms with Crippen LogP contribution in [0.2, 0.25) is 0 Å². The van der Waals surface area contributed by atoms with Gasteiger partial charge in [-0.25, -0.2) is 0 Å². The lowest BCUT2D eigenvalue weighted by Gasteiger charge is -2.32. The minimum Gasteiger partial charge on any atom is -0.497 e. The molecule has 1 unspecified atom stereocenters. The van der Waals surface area contributed by atoms with Crippen molar-refractivity contribution in [2.24, 2.45) is 0 Å². The first-order chi connectivity index (χ1) is 16.9. The fourth-order valence-electron chi connectivity index (χ4n) is 3.80. The van der Waals surface area contributed by atoms with Crippen molar-refractivity contribution in [3.63, 3.8) is 0 Å². The van der Waals surface area contributed by atoms with E-state index in [4.69, 9.17) is 9.47 Å². The molecule has 0 spiro atoms. The summed E-state index contributed by atoms with van der Waals surface area (Å²) in [4.78, 5) is 32.0. The van der Waals surface area contributed by atoms with E-state index in [2.05, 4.69) is 13.0 Å². The molecule has 0 bridgehead atoms. The zero-order chi connectivity index (χ0) is 25.4. The summed E-state index contributed by atoms with van der Waals surface area (Å²) in [5.41, 5.74) is 2.62. The molecule has 0 radical (unpaired) electrons. The molecule has 3 aromatic rings. The second kappa shape index (κ2) is 12.4. The fourth-order valence-corrected chi connectivity index (χ4v) is 4.72. The molecular weight excluding hydrogens is 460 g/mol. The quantitative estimate of drug-likeness (QED) is 0.351.